The molecule has 14 heavy (non-hydrogen) atoms. The van der Waals surface area contributed by atoms with Crippen LogP contribution in [0.4, 0.5) is 0 Å². The van der Waals surface area contributed by atoms with E-state index in [2.05, 4.69) is 20.9 Å². The fourth-order valence-corrected chi connectivity index (χ4v) is 1.34. The van der Waals surface area contributed by atoms with Gasteiger partial charge in [-0.3, -0.25) is 0 Å². The second-order valence-electron chi connectivity index (χ2n) is 2.42. The summed E-state index contributed by atoms with van der Waals surface area (Å²) >= 11 is 3.23. The van der Waals surface area contributed by atoms with E-state index in [0.29, 0.717) is 11.1 Å². The Morgan fingerprint density at radius 1 is 1.50 bits per heavy atom. The first kappa shape index (κ1) is 11.7. The maximum Gasteiger partial charge on any atom is 1.00 e. The van der Waals surface area contributed by atoms with Crippen molar-refractivity contribution in [1.29, 1.82) is 0 Å². The SMILES string of the molecule is O=C([O-])c1nc2cc(Br)ccc2o1.[Na+]. The number of nitrogens with zero attached hydrogens (tertiary/aromatic N) is 1. The number of aromatic carboxylic acids is 1. The van der Waals surface area contributed by atoms with Crippen LogP contribution in [-0.4, -0.2) is 11.0 Å². The van der Waals surface area contributed by atoms with Crippen LogP contribution in [0.5, 0.6) is 0 Å². The largest absolute Gasteiger partial charge is 1.00 e. The molecular formula is C8H3BrNNaO3. The van der Waals surface area contributed by atoms with Gasteiger partial charge in [-0.15, -0.1) is 0 Å². The maximum absolute atomic E-state index is 10.4. The molecule has 6 heteroatoms. The van der Waals surface area contributed by atoms with Crippen molar-refractivity contribution in [2.45, 2.75) is 0 Å². The smallest absolute Gasteiger partial charge is 0.540 e. The zero-order chi connectivity index (χ0) is 9.42. The molecule has 1 aromatic heterocycles. The Morgan fingerprint density at radius 2 is 2.21 bits per heavy atom. The Balaban J connectivity index is 0.000000980. The van der Waals surface area contributed by atoms with Crippen LogP contribution in [0.2, 0.25) is 0 Å². The van der Waals surface area contributed by atoms with Crippen molar-refractivity contribution in [1.82, 2.24) is 4.98 Å². The van der Waals surface area contributed by atoms with Crippen molar-refractivity contribution in [2.75, 3.05) is 0 Å². The molecule has 0 amide bonds. The average Bonchev–Trinajstić information content (AvgIpc) is 2.46. The number of halogens is 1. The van der Waals surface area contributed by atoms with E-state index in [1.165, 1.54) is 0 Å². The molecule has 0 atom stereocenters. The Bertz CT molecular complexity index is 482. The van der Waals surface area contributed by atoms with Crippen molar-refractivity contribution in [3.8, 4) is 0 Å². The molecule has 0 fully saturated rings. The number of hydrogen-bond donors (Lipinski definition) is 0. The normalized spacial score (nSPS) is 9.79. The fraction of sp³-hybridized carbons (Fsp3) is 0. The average molecular weight is 264 g/mol. The molecule has 0 aliphatic heterocycles. The van der Waals surface area contributed by atoms with Gasteiger partial charge in [0.2, 0.25) is 5.89 Å². The van der Waals surface area contributed by atoms with Gasteiger partial charge in [-0.2, -0.15) is 0 Å². The molecule has 2 aromatic rings. The molecule has 4 nitrogen and oxygen atoms in total. The van der Waals surface area contributed by atoms with Gasteiger partial charge >= 0.3 is 29.6 Å². The van der Waals surface area contributed by atoms with E-state index in [1.807, 2.05) is 0 Å². The summed E-state index contributed by atoms with van der Waals surface area (Å²) < 4.78 is 5.71. The van der Waals surface area contributed by atoms with Gasteiger partial charge < -0.3 is 14.3 Å². The van der Waals surface area contributed by atoms with Crippen molar-refractivity contribution in [2.24, 2.45) is 0 Å². The number of fused-ring (bicyclic) bond motifs is 1. The summed E-state index contributed by atoms with van der Waals surface area (Å²) in [6.07, 6.45) is 0. The van der Waals surface area contributed by atoms with Gasteiger partial charge in [0.05, 0.1) is 0 Å². The predicted molar refractivity (Wildman–Crippen MR) is 46.0 cm³/mol. The van der Waals surface area contributed by atoms with Crippen molar-refractivity contribution >= 4 is 33.0 Å². The third-order valence-electron chi connectivity index (χ3n) is 1.52. The maximum atomic E-state index is 10.4. The fourth-order valence-electron chi connectivity index (χ4n) is 0.988. The van der Waals surface area contributed by atoms with E-state index in [1.54, 1.807) is 18.2 Å². The molecule has 2 rings (SSSR count). The van der Waals surface area contributed by atoms with Crippen LogP contribution in [0.25, 0.3) is 11.1 Å². The van der Waals surface area contributed by atoms with E-state index in [9.17, 15) is 9.90 Å². The molecule has 0 N–H and O–H groups in total. The number of carboxylic acid groups (broad SMARTS) is 1. The number of benzene rings is 1. The first-order chi connectivity index (χ1) is 6.16. The van der Waals surface area contributed by atoms with E-state index >= 15 is 0 Å². The van der Waals surface area contributed by atoms with Crippen molar-refractivity contribution in [3.05, 3.63) is 28.6 Å². The molecule has 0 radical (unpaired) electrons. The van der Waals surface area contributed by atoms with Crippen LogP contribution in [-0.2, 0) is 0 Å². The van der Waals surface area contributed by atoms with E-state index < -0.39 is 11.9 Å². The zero-order valence-electron chi connectivity index (χ0n) is 7.28. The topological polar surface area (TPSA) is 66.2 Å². The Hall–Kier alpha value is -0.360. The monoisotopic (exact) mass is 263 g/mol. The van der Waals surface area contributed by atoms with Crippen molar-refractivity contribution < 1.29 is 43.9 Å². The third-order valence-corrected chi connectivity index (χ3v) is 2.02. The summed E-state index contributed by atoms with van der Waals surface area (Å²) in [6, 6.07) is 5.05. The molecule has 0 saturated carbocycles. The second kappa shape index (κ2) is 4.44. The summed E-state index contributed by atoms with van der Waals surface area (Å²) in [4.78, 5) is 14.1. The summed E-state index contributed by atoms with van der Waals surface area (Å²) in [6.45, 7) is 0. The van der Waals surface area contributed by atoms with Crippen LogP contribution < -0.4 is 34.7 Å². The van der Waals surface area contributed by atoms with Crippen LogP contribution in [0, 0.1) is 0 Å². The van der Waals surface area contributed by atoms with Crippen LogP contribution in [0.3, 0.4) is 0 Å². The number of hydrogen-bond acceptors (Lipinski definition) is 4. The molecule has 1 heterocycles. The van der Waals surface area contributed by atoms with Gasteiger partial charge in [0.15, 0.2) is 5.58 Å². The molecule has 0 unspecified atom stereocenters. The summed E-state index contributed by atoms with van der Waals surface area (Å²) in [5.41, 5.74) is 0.927. The minimum absolute atomic E-state index is 0. The van der Waals surface area contributed by atoms with Crippen LogP contribution in [0.1, 0.15) is 10.7 Å². The molecule has 0 bridgehead atoms. The van der Waals surface area contributed by atoms with Gasteiger partial charge in [-0.25, -0.2) is 4.98 Å². The minimum Gasteiger partial charge on any atom is -0.540 e. The number of aromatic nitrogens is 1. The molecule has 0 aliphatic rings. The Morgan fingerprint density at radius 3 is 2.86 bits per heavy atom. The third kappa shape index (κ3) is 2.17. The first-order valence-electron chi connectivity index (χ1n) is 3.44. The van der Waals surface area contributed by atoms with Gasteiger partial charge in [-0.05, 0) is 18.2 Å². The van der Waals surface area contributed by atoms with Gasteiger partial charge in [0.1, 0.15) is 11.5 Å². The Labute approximate surface area is 110 Å². The molecule has 0 aliphatic carbocycles. The number of rotatable bonds is 1. The minimum atomic E-state index is -1.41. The van der Waals surface area contributed by atoms with Crippen molar-refractivity contribution in [3.63, 3.8) is 0 Å². The molecule has 66 valence electrons. The van der Waals surface area contributed by atoms with Crippen LogP contribution in [0.15, 0.2) is 27.1 Å². The zero-order valence-corrected chi connectivity index (χ0v) is 10.9. The molecular weight excluding hydrogens is 261 g/mol. The van der Waals surface area contributed by atoms with Gasteiger partial charge in [0, 0.05) is 4.47 Å². The number of carbonyl (C=O) groups is 1. The van der Waals surface area contributed by atoms with E-state index in [4.69, 9.17) is 4.42 Å². The molecule has 0 spiro atoms. The van der Waals surface area contributed by atoms with E-state index in [0.717, 1.165) is 4.47 Å². The van der Waals surface area contributed by atoms with Crippen LogP contribution >= 0.6 is 15.9 Å². The van der Waals surface area contributed by atoms with Gasteiger partial charge in [-0.1, -0.05) is 15.9 Å². The second-order valence-corrected chi connectivity index (χ2v) is 3.33. The summed E-state index contributed by atoms with van der Waals surface area (Å²) in [7, 11) is 0. The van der Waals surface area contributed by atoms with E-state index in [-0.39, 0.29) is 29.6 Å². The first-order valence-corrected chi connectivity index (χ1v) is 4.23. The standard InChI is InChI=1S/C8H4BrNO3.Na/c9-4-1-2-6-5(3-4)10-7(13-6)8(11)12;/h1-3H,(H,11,12);/q;+1/p-1. The molecule has 1 aromatic carbocycles. The summed E-state index contributed by atoms with van der Waals surface area (Å²) in [5, 5.41) is 10.4. The summed E-state index contributed by atoms with van der Waals surface area (Å²) in [5.74, 6) is -1.81. The van der Waals surface area contributed by atoms with Gasteiger partial charge in [0.25, 0.3) is 0 Å². The predicted octanol–water partition coefficient (Wildman–Crippen LogP) is -2.04. The number of carboxylic acids is 1. The number of oxazole rings is 1. The quantitative estimate of drug-likeness (QED) is 0.556. The molecule has 0 saturated heterocycles. The Kier molecular flexibility index (Phi) is 3.71. The number of carbonyl (C=O) groups excluding carboxylic acids is 1.